The minimum atomic E-state index is -2.84. The highest BCUT2D eigenvalue weighted by atomic mass is 19.3. The molecule has 1 aromatic carbocycles. The maximum Gasteiger partial charge on any atom is 0.408 e. The molecule has 0 radical (unpaired) electrons. The molecule has 8 nitrogen and oxygen atoms in total. The number of halogens is 2. The van der Waals surface area contributed by atoms with Crippen LogP contribution < -0.4 is 5.32 Å². The molecule has 0 aliphatic heterocycles. The molecule has 1 atom stereocenters. The van der Waals surface area contributed by atoms with Crippen molar-refractivity contribution in [2.75, 3.05) is 7.11 Å². The molecule has 1 N–H and O–H groups in total. The van der Waals surface area contributed by atoms with Crippen LogP contribution >= 0.6 is 0 Å². The van der Waals surface area contributed by atoms with Crippen molar-refractivity contribution in [1.29, 1.82) is 0 Å². The third-order valence-electron chi connectivity index (χ3n) is 3.15. The SMILES string of the molecule is COC(=O)[C@@H](Cc1cc(C(F)F)ccc1[N+](=O)[O-])NC(=O)OC(C)(C)C. The molecule has 0 fully saturated rings. The first-order valence-electron chi connectivity index (χ1n) is 7.57. The second kappa shape index (κ2) is 8.54. The average molecular weight is 374 g/mol. The predicted molar refractivity (Wildman–Crippen MR) is 86.9 cm³/mol. The number of nitrogens with zero attached hydrogens (tertiary/aromatic N) is 1. The van der Waals surface area contributed by atoms with E-state index < -0.39 is 52.7 Å². The predicted octanol–water partition coefficient (Wildman–Crippen LogP) is 3.14. The van der Waals surface area contributed by atoms with Gasteiger partial charge in [0.15, 0.2) is 0 Å². The fraction of sp³-hybridized carbons (Fsp3) is 0.500. The van der Waals surface area contributed by atoms with Crippen molar-refractivity contribution in [2.45, 2.75) is 45.3 Å². The zero-order valence-corrected chi connectivity index (χ0v) is 14.7. The number of alkyl halides is 2. The van der Waals surface area contributed by atoms with Crippen molar-refractivity contribution in [3.05, 3.63) is 39.4 Å². The highest BCUT2D eigenvalue weighted by Crippen LogP contribution is 2.27. The van der Waals surface area contributed by atoms with Crippen molar-refractivity contribution >= 4 is 17.7 Å². The van der Waals surface area contributed by atoms with Gasteiger partial charge in [-0.25, -0.2) is 18.4 Å². The standard InChI is InChI=1S/C16H20F2N2O6/c1-16(2,3)26-15(22)19-11(14(21)25-4)8-10-7-9(13(17)18)5-6-12(10)20(23)24/h5-7,11,13H,8H2,1-4H3,(H,19,22)/t11-/m1/s1. The van der Waals surface area contributed by atoms with Gasteiger partial charge in [-0.05, 0) is 32.9 Å². The van der Waals surface area contributed by atoms with E-state index in [1.54, 1.807) is 20.8 Å². The van der Waals surface area contributed by atoms with Crippen LogP contribution in [0.3, 0.4) is 0 Å². The molecule has 1 rings (SSSR count). The maximum absolute atomic E-state index is 12.9. The van der Waals surface area contributed by atoms with Gasteiger partial charge in [0, 0.05) is 23.6 Å². The van der Waals surface area contributed by atoms with E-state index in [-0.39, 0.29) is 5.56 Å². The number of alkyl carbamates (subject to hydrolysis) is 1. The summed E-state index contributed by atoms with van der Waals surface area (Å²) in [6.07, 6.45) is -4.20. The lowest BCUT2D eigenvalue weighted by Crippen LogP contribution is -2.45. The topological polar surface area (TPSA) is 108 Å². The van der Waals surface area contributed by atoms with Crippen LogP contribution in [0.5, 0.6) is 0 Å². The Bertz CT molecular complexity index is 688. The van der Waals surface area contributed by atoms with Crippen molar-refractivity contribution in [1.82, 2.24) is 5.32 Å². The highest BCUT2D eigenvalue weighted by Gasteiger charge is 2.28. The zero-order chi connectivity index (χ0) is 20.1. The van der Waals surface area contributed by atoms with Crippen LogP contribution in [0.2, 0.25) is 0 Å². The summed E-state index contributed by atoms with van der Waals surface area (Å²) in [5, 5.41) is 13.4. The molecular formula is C16H20F2N2O6. The van der Waals surface area contributed by atoms with Crippen LogP contribution in [0.15, 0.2) is 18.2 Å². The van der Waals surface area contributed by atoms with Gasteiger partial charge in [0.25, 0.3) is 12.1 Å². The summed E-state index contributed by atoms with van der Waals surface area (Å²) in [5.74, 6) is -0.896. The largest absolute Gasteiger partial charge is 0.467 e. The van der Waals surface area contributed by atoms with E-state index in [9.17, 15) is 28.5 Å². The molecule has 0 aromatic heterocycles. The van der Waals surface area contributed by atoms with Gasteiger partial charge in [-0.3, -0.25) is 10.1 Å². The highest BCUT2D eigenvalue weighted by molar-refractivity contribution is 5.81. The smallest absolute Gasteiger partial charge is 0.408 e. The van der Waals surface area contributed by atoms with Crippen LogP contribution in [0.4, 0.5) is 19.3 Å². The molecule has 10 heteroatoms. The fourth-order valence-corrected chi connectivity index (χ4v) is 2.09. The minimum absolute atomic E-state index is 0.140. The van der Waals surface area contributed by atoms with Gasteiger partial charge in [0.2, 0.25) is 0 Å². The molecular weight excluding hydrogens is 354 g/mol. The Morgan fingerprint density at radius 2 is 1.92 bits per heavy atom. The molecule has 1 aromatic rings. The molecule has 0 aliphatic carbocycles. The van der Waals surface area contributed by atoms with E-state index in [2.05, 4.69) is 10.1 Å². The average Bonchev–Trinajstić information content (AvgIpc) is 2.51. The van der Waals surface area contributed by atoms with Gasteiger partial charge in [0.05, 0.1) is 12.0 Å². The van der Waals surface area contributed by atoms with Crippen LogP contribution in [0, 0.1) is 10.1 Å². The van der Waals surface area contributed by atoms with E-state index in [1.807, 2.05) is 0 Å². The van der Waals surface area contributed by atoms with Gasteiger partial charge in [-0.1, -0.05) is 0 Å². The first-order valence-corrected chi connectivity index (χ1v) is 7.57. The van der Waals surface area contributed by atoms with Crippen molar-refractivity contribution in [2.24, 2.45) is 0 Å². The van der Waals surface area contributed by atoms with Gasteiger partial charge in [-0.15, -0.1) is 0 Å². The van der Waals surface area contributed by atoms with Crippen molar-refractivity contribution < 1.29 is 32.8 Å². The van der Waals surface area contributed by atoms with Gasteiger partial charge < -0.3 is 14.8 Å². The fourth-order valence-electron chi connectivity index (χ4n) is 2.09. The monoisotopic (exact) mass is 374 g/mol. The Morgan fingerprint density at radius 3 is 2.38 bits per heavy atom. The molecule has 144 valence electrons. The Hall–Kier alpha value is -2.78. The van der Waals surface area contributed by atoms with Crippen LogP contribution in [-0.2, 0) is 20.7 Å². The van der Waals surface area contributed by atoms with Crippen molar-refractivity contribution in [3.63, 3.8) is 0 Å². The first-order chi connectivity index (χ1) is 11.9. The number of hydrogen-bond acceptors (Lipinski definition) is 6. The molecule has 26 heavy (non-hydrogen) atoms. The zero-order valence-electron chi connectivity index (χ0n) is 14.7. The molecule has 0 saturated carbocycles. The summed E-state index contributed by atoms with van der Waals surface area (Å²) in [4.78, 5) is 34.2. The van der Waals surface area contributed by atoms with E-state index >= 15 is 0 Å². The molecule has 1 amide bonds. The third-order valence-corrected chi connectivity index (χ3v) is 3.15. The number of benzene rings is 1. The lowest BCUT2D eigenvalue weighted by atomic mass is 10.0. The van der Waals surface area contributed by atoms with E-state index in [1.165, 1.54) is 0 Å². The van der Waals surface area contributed by atoms with Crippen molar-refractivity contribution in [3.8, 4) is 0 Å². The summed E-state index contributed by atoms with van der Waals surface area (Å²) >= 11 is 0. The van der Waals surface area contributed by atoms with E-state index in [0.29, 0.717) is 0 Å². The number of amides is 1. The van der Waals surface area contributed by atoms with Gasteiger partial charge >= 0.3 is 12.1 Å². The summed E-state index contributed by atoms with van der Waals surface area (Å²) < 4.78 is 35.4. The van der Waals surface area contributed by atoms with E-state index in [4.69, 9.17) is 4.74 Å². The van der Waals surface area contributed by atoms with Crippen LogP contribution in [0.1, 0.15) is 38.3 Å². The summed E-state index contributed by atoms with van der Waals surface area (Å²) in [5.41, 5.74) is -1.87. The number of nitrogens with one attached hydrogen (secondary N) is 1. The quantitative estimate of drug-likeness (QED) is 0.466. The number of methoxy groups -OCH3 is 1. The van der Waals surface area contributed by atoms with Gasteiger partial charge in [-0.2, -0.15) is 0 Å². The molecule has 0 saturated heterocycles. The Kier molecular flexibility index (Phi) is 6.99. The lowest BCUT2D eigenvalue weighted by Gasteiger charge is -2.22. The number of hydrogen-bond donors (Lipinski definition) is 1. The van der Waals surface area contributed by atoms with Crippen LogP contribution in [0.25, 0.3) is 0 Å². The lowest BCUT2D eigenvalue weighted by molar-refractivity contribution is -0.385. The summed E-state index contributed by atoms with van der Waals surface area (Å²) in [7, 11) is 1.07. The number of carbonyl (C=O) groups is 2. The summed E-state index contributed by atoms with van der Waals surface area (Å²) in [6, 6.07) is 1.44. The Labute approximate surface area is 148 Å². The number of ether oxygens (including phenoxy) is 2. The van der Waals surface area contributed by atoms with Gasteiger partial charge in [0.1, 0.15) is 11.6 Å². The minimum Gasteiger partial charge on any atom is -0.467 e. The number of carbonyl (C=O) groups excluding carboxylic acids is 2. The first kappa shape index (κ1) is 21.3. The second-order valence-corrected chi connectivity index (χ2v) is 6.37. The number of esters is 1. The van der Waals surface area contributed by atoms with Crippen LogP contribution in [-0.4, -0.2) is 35.7 Å². The summed E-state index contributed by atoms with van der Waals surface area (Å²) in [6.45, 7) is 4.82. The number of nitro benzene ring substituents is 1. The number of nitro groups is 1. The molecule has 0 unspecified atom stereocenters. The van der Waals surface area contributed by atoms with E-state index in [0.717, 1.165) is 25.3 Å². The third kappa shape index (κ3) is 6.26. The molecule has 0 aliphatic rings. The maximum atomic E-state index is 12.9. The molecule has 0 spiro atoms. The number of rotatable bonds is 6. The Morgan fingerprint density at radius 1 is 1.31 bits per heavy atom. The normalized spacial score (nSPS) is 12.4. The molecule has 0 bridgehead atoms. The second-order valence-electron chi connectivity index (χ2n) is 6.37. The Balaban J connectivity index is 3.14. The molecule has 0 heterocycles.